The van der Waals surface area contributed by atoms with Crippen LogP contribution in [-0.2, 0) is 9.59 Å². The third-order valence-corrected chi connectivity index (χ3v) is 1.97. The molecule has 0 bridgehead atoms. The van der Waals surface area contributed by atoms with Crippen molar-refractivity contribution < 1.29 is 14.4 Å². The predicted molar refractivity (Wildman–Crippen MR) is 49.3 cm³/mol. The van der Waals surface area contributed by atoms with Crippen LogP contribution in [0.25, 0.3) is 0 Å². The highest BCUT2D eigenvalue weighted by molar-refractivity contribution is 9.10. The Balaban J connectivity index is 0.000000424. The Labute approximate surface area is 83.9 Å². The molecular weight excluding hydrogens is 236 g/mol. The van der Waals surface area contributed by atoms with Gasteiger partial charge in [-0.2, -0.15) is 9.59 Å². The molecule has 1 aromatic carbocycles. The number of benzene rings is 1. The standard InChI is InChI=1S/C8H7BrO.CO2/c1-6-2-3-7(5-10)8(9)4-6;2-1-3/h2-5H,1H3;. The van der Waals surface area contributed by atoms with E-state index in [9.17, 15) is 4.79 Å². The lowest BCUT2D eigenvalue weighted by Gasteiger charge is -1.95. The van der Waals surface area contributed by atoms with Crippen LogP contribution in [0, 0.1) is 6.92 Å². The zero-order valence-electron chi connectivity index (χ0n) is 6.91. The Hall–Kier alpha value is -1.25. The van der Waals surface area contributed by atoms with E-state index in [0.717, 1.165) is 16.3 Å². The molecule has 0 aliphatic carbocycles. The van der Waals surface area contributed by atoms with Crippen molar-refractivity contribution in [2.75, 3.05) is 0 Å². The Morgan fingerprint density at radius 2 is 1.92 bits per heavy atom. The summed E-state index contributed by atoms with van der Waals surface area (Å²) in [6.45, 7) is 1.99. The maximum Gasteiger partial charge on any atom is 0.373 e. The van der Waals surface area contributed by atoms with E-state index in [4.69, 9.17) is 9.59 Å². The van der Waals surface area contributed by atoms with Gasteiger partial charge in [0.05, 0.1) is 0 Å². The van der Waals surface area contributed by atoms with E-state index in [1.165, 1.54) is 0 Å². The summed E-state index contributed by atoms with van der Waals surface area (Å²) in [6.07, 6.45) is 1.09. The van der Waals surface area contributed by atoms with Crippen molar-refractivity contribution in [3.63, 3.8) is 0 Å². The van der Waals surface area contributed by atoms with Crippen molar-refractivity contribution in [3.8, 4) is 0 Å². The number of rotatable bonds is 1. The number of hydrogen-bond donors (Lipinski definition) is 0. The largest absolute Gasteiger partial charge is 0.373 e. The van der Waals surface area contributed by atoms with Gasteiger partial charge in [0.15, 0.2) is 6.29 Å². The molecule has 0 N–H and O–H groups in total. The van der Waals surface area contributed by atoms with Crippen LogP contribution in [0.4, 0.5) is 0 Å². The molecule has 1 aromatic rings. The maximum absolute atomic E-state index is 10.3. The van der Waals surface area contributed by atoms with Gasteiger partial charge >= 0.3 is 6.15 Å². The molecule has 0 atom stereocenters. The highest BCUT2D eigenvalue weighted by atomic mass is 79.9. The minimum absolute atomic E-state index is 0.250. The number of hydrogen-bond acceptors (Lipinski definition) is 3. The summed E-state index contributed by atoms with van der Waals surface area (Å²) < 4.78 is 0.863. The van der Waals surface area contributed by atoms with Gasteiger partial charge in [-0.1, -0.05) is 28.1 Å². The first-order valence-corrected chi connectivity index (χ1v) is 4.15. The average Bonchev–Trinajstić information content (AvgIpc) is 2.06. The minimum atomic E-state index is 0.250. The van der Waals surface area contributed by atoms with E-state index in [-0.39, 0.29) is 6.15 Å². The van der Waals surface area contributed by atoms with Crippen LogP contribution in [0.1, 0.15) is 15.9 Å². The van der Waals surface area contributed by atoms with E-state index < -0.39 is 0 Å². The van der Waals surface area contributed by atoms with Gasteiger partial charge < -0.3 is 0 Å². The van der Waals surface area contributed by atoms with Crippen molar-refractivity contribution in [2.45, 2.75) is 6.92 Å². The molecule has 68 valence electrons. The molecule has 0 saturated heterocycles. The average molecular weight is 243 g/mol. The van der Waals surface area contributed by atoms with Crippen LogP contribution in [0.5, 0.6) is 0 Å². The molecule has 1 rings (SSSR count). The van der Waals surface area contributed by atoms with Crippen LogP contribution in [0.2, 0.25) is 0 Å². The normalized spacial score (nSPS) is 7.85. The quantitative estimate of drug-likeness (QED) is 0.708. The van der Waals surface area contributed by atoms with Gasteiger partial charge in [0.1, 0.15) is 0 Å². The fourth-order valence-electron chi connectivity index (χ4n) is 0.728. The molecule has 4 heteroatoms. The Kier molecular flexibility index (Phi) is 5.68. The molecule has 0 aromatic heterocycles. The van der Waals surface area contributed by atoms with E-state index in [0.29, 0.717) is 5.56 Å². The fraction of sp³-hybridized carbons (Fsp3) is 0.111. The Bertz CT molecular complexity index is 328. The SMILES string of the molecule is Cc1ccc(C=O)c(Br)c1.O=C=O. The van der Waals surface area contributed by atoms with Crippen molar-refractivity contribution in [3.05, 3.63) is 33.8 Å². The molecule has 0 aliphatic heterocycles. The minimum Gasteiger partial charge on any atom is -0.298 e. The highest BCUT2D eigenvalue weighted by Gasteiger charge is 1.95. The van der Waals surface area contributed by atoms with E-state index >= 15 is 0 Å². The van der Waals surface area contributed by atoms with Crippen LogP contribution in [0.15, 0.2) is 22.7 Å². The second kappa shape index (κ2) is 6.29. The molecule has 0 heterocycles. The van der Waals surface area contributed by atoms with Crippen molar-refractivity contribution in [2.24, 2.45) is 0 Å². The summed E-state index contributed by atoms with van der Waals surface area (Å²) in [5.41, 5.74) is 1.85. The molecule has 0 radical (unpaired) electrons. The highest BCUT2D eigenvalue weighted by Crippen LogP contribution is 2.15. The molecule has 0 fully saturated rings. The van der Waals surface area contributed by atoms with Gasteiger partial charge in [-0.15, -0.1) is 0 Å². The lowest BCUT2D eigenvalue weighted by molar-refractivity contribution is -0.191. The Morgan fingerprint density at radius 3 is 2.31 bits per heavy atom. The molecule has 13 heavy (non-hydrogen) atoms. The molecular formula is C9H7BrO3. The van der Waals surface area contributed by atoms with E-state index in [1.807, 2.05) is 19.1 Å². The molecule has 0 saturated carbocycles. The van der Waals surface area contributed by atoms with Gasteiger partial charge in [-0.05, 0) is 18.6 Å². The van der Waals surface area contributed by atoms with Crippen molar-refractivity contribution in [1.29, 1.82) is 0 Å². The second-order valence-corrected chi connectivity index (χ2v) is 3.08. The number of carbonyl (C=O) groups is 1. The summed E-state index contributed by atoms with van der Waals surface area (Å²) in [6, 6.07) is 5.63. The molecule has 3 nitrogen and oxygen atoms in total. The fourth-order valence-corrected chi connectivity index (χ4v) is 1.31. The van der Waals surface area contributed by atoms with Gasteiger partial charge in [-0.25, -0.2) is 0 Å². The molecule has 0 spiro atoms. The number of aryl methyl sites for hydroxylation is 1. The first-order valence-electron chi connectivity index (χ1n) is 3.36. The number of halogens is 1. The smallest absolute Gasteiger partial charge is 0.298 e. The summed E-state index contributed by atoms with van der Waals surface area (Å²) in [5.74, 6) is 0. The van der Waals surface area contributed by atoms with Crippen LogP contribution >= 0.6 is 15.9 Å². The van der Waals surface area contributed by atoms with Gasteiger partial charge in [0, 0.05) is 10.0 Å². The monoisotopic (exact) mass is 242 g/mol. The molecule has 0 unspecified atom stereocenters. The molecule has 0 aliphatic rings. The maximum atomic E-state index is 10.3. The van der Waals surface area contributed by atoms with E-state index in [2.05, 4.69) is 15.9 Å². The predicted octanol–water partition coefficient (Wildman–Crippen LogP) is 1.99. The number of aldehydes is 1. The first-order chi connectivity index (χ1) is 6.15. The third-order valence-electron chi connectivity index (χ3n) is 1.28. The zero-order chi connectivity index (χ0) is 10.3. The summed E-state index contributed by atoms with van der Waals surface area (Å²) in [5, 5.41) is 0. The van der Waals surface area contributed by atoms with Gasteiger partial charge in [0.25, 0.3) is 0 Å². The van der Waals surface area contributed by atoms with Crippen LogP contribution in [-0.4, -0.2) is 12.4 Å². The number of carbonyl (C=O) groups excluding carboxylic acids is 3. The third kappa shape index (κ3) is 4.35. The lowest BCUT2D eigenvalue weighted by Crippen LogP contribution is -1.81. The second-order valence-electron chi connectivity index (χ2n) is 2.23. The lowest BCUT2D eigenvalue weighted by atomic mass is 10.2. The van der Waals surface area contributed by atoms with E-state index in [1.54, 1.807) is 6.07 Å². The zero-order valence-corrected chi connectivity index (χ0v) is 8.50. The summed E-state index contributed by atoms with van der Waals surface area (Å²) in [4.78, 5) is 26.6. The van der Waals surface area contributed by atoms with Crippen LogP contribution in [0.3, 0.4) is 0 Å². The van der Waals surface area contributed by atoms with Gasteiger partial charge in [0.2, 0.25) is 0 Å². The Morgan fingerprint density at radius 1 is 1.38 bits per heavy atom. The first kappa shape index (κ1) is 11.8. The van der Waals surface area contributed by atoms with Gasteiger partial charge in [-0.3, -0.25) is 4.79 Å². The van der Waals surface area contributed by atoms with Crippen molar-refractivity contribution in [1.82, 2.24) is 0 Å². The summed E-state index contributed by atoms with van der Waals surface area (Å²) >= 11 is 3.28. The molecule has 0 amide bonds. The topological polar surface area (TPSA) is 51.2 Å². The summed E-state index contributed by atoms with van der Waals surface area (Å²) in [7, 11) is 0. The van der Waals surface area contributed by atoms with Crippen LogP contribution < -0.4 is 0 Å². The van der Waals surface area contributed by atoms with Crippen molar-refractivity contribution >= 4 is 28.4 Å².